The van der Waals surface area contributed by atoms with Crippen molar-refractivity contribution in [2.45, 2.75) is 6.10 Å². The van der Waals surface area contributed by atoms with Crippen LogP contribution in [0.4, 0.5) is 0 Å². The number of aliphatic hydroxyl groups is 2. The molecular weight excluding hydrogens is 180 g/mol. The van der Waals surface area contributed by atoms with Crippen LogP contribution in [-0.2, 0) is 4.18 Å². The van der Waals surface area contributed by atoms with Crippen molar-refractivity contribution >= 4 is 32.6 Å². The van der Waals surface area contributed by atoms with Crippen LogP contribution >= 0.6 is 32.6 Å². The molecular formula is C3H8O3S3. The molecule has 0 saturated carbocycles. The molecule has 0 aliphatic carbocycles. The van der Waals surface area contributed by atoms with Crippen molar-refractivity contribution in [3.63, 3.8) is 0 Å². The summed E-state index contributed by atoms with van der Waals surface area (Å²) in [6.45, 7) is -0.132. The summed E-state index contributed by atoms with van der Waals surface area (Å²) in [5, 5.41) is 16.9. The van der Waals surface area contributed by atoms with Gasteiger partial charge in [0.15, 0.2) is 0 Å². The fourth-order valence-electron chi connectivity index (χ4n) is 0.181. The van der Waals surface area contributed by atoms with Crippen LogP contribution < -0.4 is 0 Å². The third-order valence-corrected chi connectivity index (χ3v) is 1.86. The molecule has 0 aromatic heterocycles. The molecule has 0 heterocycles. The van der Waals surface area contributed by atoms with Gasteiger partial charge in [0.25, 0.3) is 0 Å². The summed E-state index contributed by atoms with van der Waals surface area (Å²) in [6, 6.07) is 0. The lowest BCUT2D eigenvalue weighted by atomic mass is 10.4. The van der Waals surface area contributed by atoms with E-state index in [1.807, 2.05) is 0 Å². The van der Waals surface area contributed by atoms with Gasteiger partial charge in [0.05, 0.1) is 24.3 Å². The van der Waals surface area contributed by atoms with Crippen LogP contribution in [0, 0.1) is 0 Å². The Balaban J connectivity index is 2.88. The van der Waals surface area contributed by atoms with Gasteiger partial charge in [-0.2, -0.15) is 0 Å². The summed E-state index contributed by atoms with van der Waals surface area (Å²) in [6.07, 6.45) is -0.780. The van der Waals surface area contributed by atoms with Crippen molar-refractivity contribution in [2.75, 3.05) is 13.2 Å². The highest BCUT2D eigenvalue weighted by molar-refractivity contribution is 9.04. The zero-order valence-corrected chi connectivity index (χ0v) is 7.09. The minimum atomic E-state index is -0.780. The first-order valence-corrected chi connectivity index (χ1v) is 5.32. The van der Waals surface area contributed by atoms with E-state index in [1.165, 1.54) is 0 Å². The molecule has 0 spiro atoms. The average molecular weight is 188 g/mol. The average Bonchev–Trinajstić information content (AvgIpc) is 1.89. The Bertz CT molecular complexity index is 62.3. The Labute approximate surface area is 66.6 Å². The highest BCUT2D eigenvalue weighted by Crippen LogP contribution is 2.25. The number of thiol groups is 1. The third-order valence-electron chi connectivity index (χ3n) is 0.550. The Morgan fingerprint density at radius 1 is 1.67 bits per heavy atom. The lowest BCUT2D eigenvalue weighted by molar-refractivity contribution is 0.0609. The molecule has 0 aromatic rings. The molecule has 0 bridgehead atoms. The number of aliphatic hydroxyl groups excluding tert-OH is 2. The van der Waals surface area contributed by atoms with Gasteiger partial charge >= 0.3 is 0 Å². The molecule has 0 fully saturated rings. The largest absolute Gasteiger partial charge is 0.394 e. The smallest absolute Gasteiger partial charge is 0.102 e. The van der Waals surface area contributed by atoms with Crippen LogP contribution in [0.5, 0.6) is 0 Å². The summed E-state index contributed by atoms with van der Waals surface area (Å²) in [4.78, 5) is 0. The van der Waals surface area contributed by atoms with Crippen LogP contribution in [0.2, 0.25) is 0 Å². The predicted molar refractivity (Wildman–Crippen MR) is 43.2 cm³/mol. The Hall–Kier alpha value is 0.930. The van der Waals surface area contributed by atoms with E-state index in [4.69, 9.17) is 14.4 Å². The molecule has 0 aromatic carbocycles. The summed E-state index contributed by atoms with van der Waals surface area (Å²) < 4.78 is 4.73. The second-order valence-corrected chi connectivity index (χ2v) is 3.98. The van der Waals surface area contributed by atoms with Gasteiger partial charge in [-0.25, -0.2) is 0 Å². The fourth-order valence-corrected chi connectivity index (χ4v) is 1.12. The predicted octanol–water partition coefficient (Wildman–Crippen LogP) is 0.497. The van der Waals surface area contributed by atoms with Crippen LogP contribution in [0.1, 0.15) is 0 Å². The van der Waals surface area contributed by atoms with E-state index in [2.05, 4.69) is 11.7 Å². The molecule has 0 aliphatic heterocycles. The van der Waals surface area contributed by atoms with Crippen molar-refractivity contribution in [1.29, 1.82) is 0 Å². The molecule has 1 unspecified atom stereocenters. The molecule has 1 atom stereocenters. The number of hydrogen-bond donors (Lipinski definition) is 3. The first-order valence-electron chi connectivity index (χ1n) is 2.20. The monoisotopic (exact) mass is 188 g/mol. The highest BCUT2D eigenvalue weighted by Gasteiger charge is 2.00. The number of hydrogen-bond acceptors (Lipinski definition) is 6. The maximum atomic E-state index is 8.66. The van der Waals surface area contributed by atoms with E-state index in [-0.39, 0.29) is 13.2 Å². The second kappa shape index (κ2) is 7.04. The van der Waals surface area contributed by atoms with Gasteiger partial charge in [-0.05, 0) is 0 Å². The molecule has 0 aliphatic rings. The van der Waals surface area contributed by atoms with Gasteiger partial charge in [-0.1, -0.05) is 11.7 Å². The van der Waals surface area contributed by atoms with Crippen LogP contribution in [0.25, 0.3) is 0 Å². The van der Waals surface area contributed by atoms with Gasteiger partial charge in [-0.15, -0.1) is 0 Å². The molecule has 0 amide bonds. The van der Waals surface area contributed by atoms with E-state index in [9.17, 15) is 0 Å². The maximum absolute atomic E-state index is 8.66. The zero-order chi connectivity index (χ0) is 7.11. The SMILES string of the molecule is OCC(O)COSSS. The maximum Gasteiger partial charge on any atom is 0.102 e. The summed E-state index contributed by atoms with van der Waals surface area (Å²) in [7, 11) is 1.15. The van der Waals surface area contributed by atoms with E-state index in [0.29, 0.717) is 0 Å². The molecule has 56 valence electrons. The van der Waals surface area contributed by atoms with Crippen molar-refractivity contribution in [3.8, 4) is 0 Å². The Morgan fingerprint density at radius 3 is 2.78 bits per heavy atom. The first kappa shape index (κ1) is 9.93. The second-order valence-electron chi connectivity index (χ2n) is 1.26. The van der Waals surface area contributed by atoms with E-state index >= 15 is 0 Å². The van der Waals surface area contributed by atoms with E-state index in [1.54, 1.807) is 0 Å². The van der Waals surface area contributed by atoms with Gasteiger partial charge in [0.1, 0.15) is 6.10 Å². The molecule has 0 rings (SSSR count). The molecule has 3 nitrogen and oxygen atoms in total. The van der Waals surface area contributed by atoms with Crippen molar-refractivity contribution in [1.82, 2.24) is 0 Å². The van der Waals surface area contributed by atoms with Gasteiger partial charge in [0.2, 0.25) is 0 Å². The van der Waals surface area contributed by atoms with E-state index < -0.39 is 6.10 Å². The summed E-state index contributed by atoms with van der Waals surface area (Å²) in [5.74, 6) is 0. The summed E-state index contributed by atoms with van der Waals surface area (Å²) in [5.41, 5.74) is 0. The number of rotatable bonds is 5. The lowest BCUT2D eigenvalue weighted by Crippen LogP contribution is -2.17. The molecule has 9 heavy (non-hydrogen) atoms. The van der Waals surface area contributed by atoms with Gasteiger partial charge < -0.3 is 14.4 Å². The van der Waals surface area contributed by atoms with Crippen LogP contribution in [0.15, 0.2) is 0 Å². The Kier molecular flexibility index (Phi) is 7.77. The topological polar surface area (TPSA) is 49.7 Å². The normalized spacial score (nSPS) is 13.7. The zero-order valence-electron chi connectivity index (χ0n) is 4.56. The lowest BCUT2D eigenvalue weighted by Gasteiger charge is -2.03. The fraction of sp³-hybridized carbons (Fsp3) is 1.00. The van der Waals surface area contributed by atoms with Crippen LogP contribution in [-0.4, -0.2) is 29.5 Å². The minimum absolute atomic E-state index is 0.134. The summed E-state index contributed by atoms with van der Waals surface area (Å²) >= 11 is 4.82. The third kappa shape index (κ3) is 6.82. The van der Waals surface area contributed by atoms with Crippen molar-refractivity contribution in [2.24, 2.45) is 0 Å². The van der Waals surface area contributed by atoms with Gasteiger partial charge in [0, 0.05) is 9.83 Å². The van der Waals surface area contributed by atoms with E-state index in [0.717, 1.165) is 20.9 Å². The molecule has 2 N–H and O–H groups in total. The first-order chi connectivity index (χ1) is 4.31. The quantitative estimate of drug-likeness (QED) is 0.254. The molecule has 6 heteroatoms. The standard InChI is InChI=1S/C3H8O3S3/c4-1-3(5)2-6-8-9-7/h3-5,7H,1-2H2. The molecule has 0 saturated heterocycles. The van der Waals surface area contributed by atoms with Crippen molar-refractivity contribution < 1.29 is 14.4 Å². The minimum Gasteiger partial charge on any atom is -0.394 e. The van der Waals surface area contributed by atoms with Crippen molar-refractivity contribution in [3.05, 3.63) is 0 Å². The van der Waals surface area contributed by atoms with Crippen LogP contribution in [0.3, 0.4) is 0 Å². The molecule has 0 radical (unpaired) electrons. The highest BCUT2D eigenvalue weighted by atomic mass is 33.5. The van der Waals surface area contributed by atoms with Gasteiger partial charge in [-0.3, -0.25) is 0 Å². The Morgan fingerprint density at radius 2 is 2.33 bits per heavy atom.